The van der Waals surface area contributed by atoms with Crippen LogP contribution in [0.5, 0.6) is 0 Å². The van der Waals surface area contributed by atoms with Crippen LogP contribution in [0.25, 0.3) is 10.9 Å². The molecule has 2 nitrogen and oxygen atoms in total. The van der Waals surface area contributed by atoms with Gasteiger partial charge in [0.15, 0.2) is 0 Å². The molecule has 106 valence electrons. The highest BCUT2D eigenvalue weighted by atomic mass is 79.9. The number of nitrogens with two attached hydrogens (primary N) is 1. The third-order valence-electron chi connectivity index (χ3n) is 3.45. The molecule has 1 heterocycles. The highest BCUT2D eigenvalue weighted by molar-refractivity contribution is 9.10. The van der Waals surface area contributed by atoms with Gasteiger partial charge >= 0.3 is 0 Å². The molecule has 21 heavy (non-hydrogen) atoms. The summed E-state index contributed by atoms with van der Waals surface area (Å²) in [5.74, 6) is 0. The number of para-hydroxylation sites is 1. The van der Waals surface area contributed by atoms with Crippen molar-refractivity contribution in [3.63, 3.8) is 0 Å². The van der Waals surface area contributed by atoms with Crippen molar-refractivity contribution in [3.8, 4) is 0 Å². The first-order valence-corrected chi connectivity index (χ1v) is 8.28. The van der Waals surface area contributed by atoms with Crippen LogP contribution in [0.15, 0.2) is 63.5 Å². The Labute approximate surface area is 140 Å². The molecule has 4 heteroatoms. The summed E-state index contributed by atoms with van der Waals surface area (Å²) in [6, 6.07) is 18.1. The van der Waals surface area contributed by atoms with Crippen LogP contribution in [-0.2, 0) is 6.42 Å². The second-order valence-corrected chi connectivity index (χ2v) is 6.66. The minimum atomic E-state index is -0.150. The number of pyridine rings is 1. The largest absolute Gasteiger partial charge is 0.322 e. The summed E-state index contributed by atoms with van der Waals surface area (Å²) >= 11 is 7.16. The van der Waals surface area contributed by atoms with Gasteiger partial charge in [0.1, 0.15) is 0 Å². The Hall–Kier alpha value is -1.23. The van der Waals surface area contributed by atoms with Gasteiger partial charge in [-0.1, -0.05) is 52.3 Å². The Kier molecular flexibility index (Phi) is 4.38. The fourth-order valence-corrected chi connectivity index (χ4v) is 3.44. The number of rotatable bonds is 3. The van der Waals surface area contributed by atoms with E-state index >= 15 is 0 Å². The van der Waals surface area contributed by atoms with Gasteiger partial charge in [-0.05, 0) is 46.1 Å². The zero-order valence-electron chi connectivity index (χ0n) is 11.3. The Morgan fingerprint density at radius 3 is 2.48 bits per heavy atom. The van der Waals surface area contributed by atoms with Gasteiger partial charge in [-0.2, -0.15) is 0 Å². The quantitative estimate of drug-likeness (QED) is 0.665. The minimum Gasteiger partial charge on any atom is -0.322 e. The van der Waals surface area contributed by atoms with Crippen LogP contribution in [0.2, 0.25) is 0 Å². The van der Waals surface area contributed by atoms with Gasteiger partial charge in [0.25, 0.3) is 0 Å². The topological polar surface area (TPSA) is 38.9 Å². The van der Waals surface area contributed by atoms with Crippen molar-refractivity contribution < 1.29 is 0 Å². The molecule has 0 aliphatic heterocycles. The van der Waals surface area contributed by atoms with Gasteiger partial charge in [0, 0.05) is 14.3 Å². The Bertz CT molecular complexity index is 787. The second kappa shape index (κ2) is 6.26. The maximum atomic E-state index is 6.37. The lowest BCUT2D eigenvalue weighted by Gasteiger charge is -2.15. The molecule has 0 radical (unpaired) electrons. The lowest BCUT2D eigenvalue weighted by molar-refractivity contribution is 0.694. The van der Waals surface area contributed by atoms with Gasteiger partial charge in [-0.15, -0.1) is 0 Å². The van der Waals surface area contributed by atoms with Gasteiger partial charge < -0.3 is 5.73 Å². The van der Waals surface area contributed by atoms with Crippen LogP contribution in [0.3, 0.4) is 0 Å². The van der Waals surface area contributed by atoms with E-state index in [1.807, 2.05) is 36.4 Å². The summed E-state index contributed by atoms with van der Waals surface area (Å²) in [6.07, 6.45) is 0.741. The molecule has 0 spiro atoms. The number of aromatic nitrogens is 1. The predicted molar refractivity (Wildman–Crippen MR) is 94.2 cm³/mol. The Morgan fingerprint density at radius 1 is 0.952 bits per heavy atom. The van der Waals surface area contributed by atoms with Gasteiger partial charge in [-0.25, -0.2) is 4.98 Å². The predicted octanol–water partition coefficient (Wildman–Crippen LogP) is 5.00. The molecular weight excluding hydrogens is 392 g/mol. The van der Waals surface area contributed by atoms with Gasteiger partial charge in [-0.3, -0.25) is 0 Å². The molecule has 0 aliphatic rings. The second-order valence-electron chi connectivity index (χ2n) is 4.95. The first-order valence-electron chi connectivity index (χ1n) is 6.69. The third-order valence-corrected chi connectivity index (χ3v) is 4.86. The maximum Gasteiger partial charge on any atom is 0.0723 e. The van der Waals surface area contributed by atoms with Crippen molar-refractivity contribution in [2.24, 2.45) is 5.73 Å². The van der Waals surface area contributed by atoms with E-state index in [4.69, 9.17) is 10.7 Å². The number of hydrogen-bond donors (Lipinski definition) is 1. The Morgan fingerprint density at radius 2 is 1.67 bits per heavy atom. The van der Waals surface area contributed by atoms with Gasteiger partial charge in [0.2, 0.25) is 0 Å². The molecule has 3 aromatic rings. The van der Waals surface area contributed by atoms with Crippen LogP contribution in [0, 0.1) is 0 Å². The summed E-state index contributed by atoms with van der Waals surface area (Å²) in [6.45, 7) is 0. The van der Waals surface area contributed by atoms with E-state index in [9.17, 15) is 0 Å². The molecule has 2 N–H and O–H groups in total. The van der Waals surface area contributed by atoms with E-state index in [2.05, 4.69) is 50.1 Å². The van der Waals surface area contributed by atoms with Crippen LogP contribution in [0.4, 0.5) is 0 Å². The van der Waals surface area contributed by atoms with Gasteiger partial charge in [0.05, 0.1) is 17.3 Å². The molecule has 3 rings (SSSR count). The number of nitrogens with zero attached hydrogens (tertiary/aromatic N) is 1. The molecular formula is C17H14Br2N2. The summed E-state index contributed by atoms with van der Waals surface area (Å²) in [5, 5.41) is 1.11. The van der Waals surface area contributed by atoms with Crippen molar-refractivity contribution >= 4 is 42.8 Å². The molecule has 2 aromatic carbocycles. The monoisotopic (exact) mass is 404 g/mol. The molecule has 0 amide bonds. The van der Waals surface area contributed by atoms with E-state index in [0.29, 0.717) is 0 Å². The average Bonchev–Trinajstić information content (AvgIpc) is 2.49. The van der Waals surface area contributed by atoms with Crippen LogP contribution >= 0.6 is 31.9 Å². The van der Waals surface area contributed by atoms with Crippen LogP contribution < -0.4 is 5.73 Å². The van der Waals surface area contributed by atoms with Crippen LogP contribution in [-0.4, -0.2) is 4.98 Å². The number of hydrogen-bond acceptors (Lipinski definition) is 2. The fraction of sp³-hybridized carbons (Fsp3) is 0.118. The van der Waals surface area contributed by atoms with E-state index in [-0.39, 0.29) is 6.04 Å². The molecule has 0 saturated carbocycles. The lowest BCUT2D eigenvalue weighted by atomic mass is 10.0. The smallest absolute Gasteiger partial charge is 0.0723 e. The van der Waals surface area contributed by atoms with Crippen LogP contribution in [0.1, 0.15) is 17.3 Å². The lowest BCUT2D eigenvalue weighted by Crippen LogP contribution is -2.16. The number of fused-ring (bicyclic) bond motifs is 1. The van der Waals surface area contributed by atoms with E-state index < -0.39 is 0 Å². The molecule has 1 aromatic heterocycles. The zero-order chi connectivity index (χ0) is 14.8. The number of halogens is 2. The molecule has 0 fully saturated rings. The SMILES string of the molecule is NC(Cc1ccccc1Br)c1nc2ccccc2cc1Br. The fourth-order valence-electron chi connectivity index (χ4n) is 2.36. The molecule has 0 bridgehead atoms. The van der Waals surface area contributed by atoms with E-state index in [1.165, 1.54) is 5.56 Å². The minimum absolute atomic E-state index is 0.150. The van der Waals surface area contributed by atoms with Crippen molar-refractivity contribution in [1.29, 1.82) is 0 Å². The first kappa shape index (κ1) is 14.7. The average molecular weight is 406 g/mol. The zero-order valence-corrected chi connectivity index (χ0v) is 14.4. The van der Waals surface area contributed by atoms with Crippen molar-refractivity contribution in [1.82, 2.24) is 4.98 Å². The Balaban J connectivity index is 1.96. The molecule has 1 atom stereocenters. The van der Waals surface area contributed by atoms with E-state index in [1.54, 1.807) is 0 Å². The van der Waals surface area contributed by atoms with Crippen molar-refractivity contribution in [2.75, 3.05) is 0 Å². The van der Waals surface area contributed by atoms with Crippen molar-refractivity contribution in [2.45, 2.75) is 12.5 Å². The summed E-state index contributed by atoms with van der Waals surface area (Å²) in [4.78, 5) is 4.71. The molecule has 0 aliphatic carbocycles. The third kappa shape index (κ3) is 3.18. The molecule has 1 unspecified atom stereocenters. The van der Waals surface area contributed by atoms with Crippen molar-refractivity contribution in [3.05, 3.63) is 74.8 Å². The molecule has 0 saturated heterocycles. The summed E-state index contributed by atoms with van der Waals surface area (Å²) < 4.78 is 2.04. The first-order chi connectivity index (χ1) is 10.1. The summed E-state index contributed by atoms with van der Waals surface area (Å²) in [5.41, 5.74) is 9.42. The summed E-state index contributed by atoms with van der Waals surface area (Å²) in [7, 11) is 0. The highest BCUT2D eigenvalue weighted by Crippen LogP contribution is 2.28. The maximum absolute atomic E-state index is 6.37. The number of benzene rings is 2. The standard InChI is InChI=1S/C17H14Br2N2/c18-13-7-3-1-5-11(13)10-15(20)17-14(19)9-12-6-2-4-8-16(12)21-17/h1-9,15H,10,20H2. The highest BCUT2D eigenvalue weighted by Gasteiger charge is 2.14. The van der Waals surface area contributed by atoms with E-state index in [0.717, 1.165) is 32.0 Å². The normalized spacial score (nSPS) is 12.5.